The second-order valence-corrected chi connectivity index (χ2v) is 5.40. The molecule has 0 aromatic carbocycles. The largest absolute Gasteiger partial charge is 0.321 e. The third kappa shape index (κ3) is 4.25. The molecular formula is C14H27NO. The number of ketones is 1. The van der Waals surface area contributed by atoms with Gasteiger partial charge in [0.1, 0.15) is 0 Å². The molecule has 0 heterocycles. The monoisotopic (exact) mass is 225 g/mol. The quantitative estimate of drug-likeness (QED) is 0.753. The average Bonchev–Trinajstić information content (AvgIpc) is 2.35. The summed E-state index contributed by atoms with van der Waals surface area (Å²) in [7, 11) is 0. The lowest BCUT2D eigenvalue weighted by atomic mass is 9.84. The molecule has 2 N–H and O–H groups in total. The number of hydrogen-bond acceptors (Lipinski definition) is 2. The van der Waals surface area contributed by atoms with E-state index in [9.17, 15) is 4.79 Å². The Hall–Kier alpha value is -0.370. The normalized spacial score (nSPS) is 21.7. The third-order valence-corrected chi connectivity index (χ3v) is 4.07. The fraction of sp³-hybridized carbons (Fsp3) is 0.929. The molecule has 2 unspecified atom stereocenters. The lowest BCUT2D eigenvalue weighted by Gasteiger charge is -2.23. The fourth-order valence-electron chi connectivity index (χ4n) is 2.60. The maximum Gasteiger partial charge on any atom is 0.152 e. The fourth-order valence-corrected chi connectivity index (χ4v) is 2.60. The van der Waals surface area contributed by atoms with Crippen molar-refractivity contribution in [2.75, 3.05) is 0 Å². The van der Waals surface area contributed by atoms with Crippen molar-refractivity contribution in [3.05, 3.63) is 0 Å². The van der Waals surface area contributed by atoms with E-state index >= 15 is 0 Å². The van der Waals surface area contributed by atoms with Gasteiger partial charge in [-0.25, -0.2) is 0 Å². The van der Waals surface area contributed by atoms with Crippen molar-refractivity contribution in [2.24, 2.45) is 17.6 Å². The molecule has 0 aliphatic heterocycles. The molecule has 0 spiro atoms. The van der Waals surface area contributed by atoms with E-state index in [4.69, 9.17) is 5.73 Å². The van der Waals surface area contributed by atoms with Gasteiger partial charge >= 0.3 is 0 Å². The van der Waals surface area contributed by atoms with Gasteiger partial charge in [0.05, 0.1) is 6.04 Å². The minimum atomic E-state index is -0.211. The summed E-state index contributed by atoms with van der Waals surface area (Å²) < 4.78 is 0. The molecule has 0 aromatic rings. The van der Waals surface area contributed by atoms with Crippen LogP contribution in [-0.2, 0) is 4.79 Å². The highest BCUT2D eigenvalue weighted by atomic mass is 16.1. The van der Waals surface area contributed by atoms with Gasteiger partial charge in [0.2, 0.25) is 0 Å². The van der Waals surface area contributed by atoms with Gasteiger partial charge in [-0.05, 0) is 25.2 Å². The first-order valence-electron chi connectivity index (χ1n) is 6.94. The van der Waals surface area contributed by atoms with Crippen LogP contribution in [0.2, 0.25) is 0 Å². The summed E-state index contributed by atoms with van der Waals surface area (Å²) in [5.74, 6) is 1.24. The van der Waals surface area contributed by atoms with Crippen molar-refractivity contribution in [1.82, 2.24) is 0 Å². The first kappa shape index (κ1) is 13.7. The Labute approximate surface area is 100.0 Å². The van der Waals surface area contributed by atoms with Crippen LogP contribution in [0.15, 0.2) is 0 Å². The molecule has 16 heavy (non-hydrogen) atoms. The van der Waals surface area contributed by atoms with Crippen LogP contribution in [0.4, 0.5) is 0 Å². The second kappa shape index (κ2) is 7.05. The minimum absolute atomic E-state index is 0.140. The molecule has 2 atom stereocenters. The van der Waals surface area contributed by atoms with E-state index in [2.05, 4.69) is 6.92 Å². The first-order valence-corrected chi connectivity index (χ1v) is 6.94. The van der Waals surface area contributed by atoms with E-state index in [1.54, 1.807) is 0 Å². The summed E-state index contributed by atoms with van der Waals surface area (Å²) >= 11 is 0. The maximum atomic E-state index is 11.8. The molecule has 1 aliphatic rings. The predicted octanol–water partition coefficient (Wildman–Crippen LogP) is 3.29. The molecule has 94 valence electrons. The standard InChI is InChI=1S/C14H27NO/c1-3-11(2)14(16)13(15)10-9-12-7-5-4-6-8-12/h11-13H,3-10,15H2,1-2H3. The SMILES string of the molecule is CCC(C)C(=O)C(N)CCC1CCCCC1. The Kier molecular flexibility index (Phi) is 6.04. The van der Waals surface area contributed by atoms with Crippen molar-refractivity contribution < 1.29 is 4.79 Å². The molecule has 2 nitrogen and oxygen atoms in total. The summed E-state index contributed by atoms with van der Waals surface area (Å²) in [4.78, 5) is 11.8. The summed E-state index contributed by atoms with van der Waals surface area (Å²) in [6.07, 6.45) is 9.81. The van der Waals surface area contributed by atoms with E-state index < -0.39 is 0 Å². The Bertz CT molecular complexity index is 209. The van der Waals surface area contributed by atoms with E-state index in [0.717, 1.165) is 25.2 Å². The Morgan fingerprint density at radius 1 is 1.31 bits per heavy atom. The average molecular weight is 225 g/mol. The van der Waals surface area contributed by atoms with Crippen molar-refractivity contribution in [2.45, 2.75) is 71.3 Å². The zero-order chi connectivity index (χ0) is 12.0. The van der Waals surface area contributed by atoms with Crippen LogP contribution in [0.5, 0.6) is 0 Å². The second-order valence-electron chi connectivity index (χ2n) is 5.40. The molecule has 0 amide bonds. The lowest BCUT2D eigenvalue weighted by molar-refractivity contribution is -0.123. The highest BCUT2D eigenvalue weighted by Gasteiger charge is 2.21. The molecular weight excluding hydrogens is 198 g/mol. The third-order valence-electron chi connectivity index (χ3n) is 4.07. The molecule has 2 heteroatoms. The summed E-state index contributed by atoms with van der Waals surface area (Å²) in [5, 5.41) is 0. The lowest BCUT2D eigenvalue weighted by Crippen LogP contribution is -2.35. The molecule has 0 bridgehead atoms. The van der Waals surface area contributed by atoms with Gasteiger partial charge in [0, 0.05) is 5.92 Å². The predicted molar refractivity (Wildman–Crippen MR) is 68.2 cm³/mol. The van der Waals surface area contributed by atoms with Gasteiger partial charge in [-0.15, -0.1) is 0 Å². The van der Waals surface area contributed by atoms with Crippen molar-refractivity contribution in [1.29, 1.82) is 0 Å². The minimum Gasteiger partial charge on any atom is -0.321 e. The highest BCUT2D eigenvalue weighted by molar-refractivity contribution is 5.85. The van der Waals surface area contributed by atoms with Crippen LogP contribution < -0.4 is 5.73 Å². The maximum absolute atomic E-state index is 11.8. The molecule has 1 aliphatic carbocycles. The van der Waals surface area contributed by atoms with E-state index in [1.807, 2.05) is 6.92 Å². The van der Waals surface area contributed by atoms with E-state index in [1.165, 1.54) is 32.1 Å². The molecule has 0 saturated heterocycles. The number of carbonyl (C=O) groups excluding carboxylic acids is 1. The van der Waals surface area contributed by atoms with Gasteiger partial charge in [0.25, 0.3) is 0 Å². The van der Waals surface area contributed by atoms with Crippen LogP contribution in [0, 0.1) is 11.8 Å². The van der Waals surface area contributed by atoms with Crippen LogP contribution in [0.1, 0.15) is 65.2 Å². The van der Waals surface area contributed by atoms with Crippen molar-refractivity contribution in [3.63, 3.8) is 0 Å². The van der Waals surface area contributed by atoms with Gasteiger partial charge in [0.15, 0.2) is 5.78 Å². The van der Waals surface area contributed by atoms with Crippen LogP contribution >= 0.6 is 0 Å². The summed E-state index contributed by atoms with van der Waals surface area (Å²) in [5.41, 5.74) is 5.96. The summed E-state index contributed by atoms with van der Waals surface area (Å²) in [6.45, 7) is 4.04. The highest BCUT2D eigenvalue weighted by Crippen LogP contribution is 2.27. The van der Waals surface area contributed by atoms with Gasteiger partial charge < -0.3 is 5.73 Å². The number of hydrogen-bond donors (Lipinski definition) is 1. The Morgan fingerprint density at radius 3 is 2.50 bits per heavy atom. The van der Waals surface area contributed by atoms with Crippen LogP contribution in [-0.4, -0.2) is 11.8 Å². The van der Waals surface area contributed by atoms with E-state index in [-0.39, 0.29) is 17.7 Å². The molecule has 1 saturated carbocycles. The van der Waals surface area contributed by atoms with E-state index in [0.29, 0.717) is 0 Å². The Morgan fingerprint density at radius 2 is 1.94 bits per heavy atom. The zero-order valence-electron chi connectivity index (χ0n) is 10.9. The van der Waals surface area contributed by atoms with Crippen molar-refractivity contribution in [3.8, 4) is 0 Å². The topological polar surface area (TPSA) is 43.1 Å². The first-order chi connectivity index (χ1) is 7.65. The van der Waals surface area contributed by atoms with Gasteiger partial charge in [-0.1, -0.05) is 46.0 Å². The number of carbonyl (C=O) groups is 1. The van der Waals surface area contributed by atoms with Crippen molar-refractivity contribution >= 4 is 5.78 Å². The Balaban J connectivity index is 2.22. The van der Waals surface area contributed by atoms with Gasteiger partial charge in [-0.3, -0.25) is 4.79 Å². The van der Waals surface area contributed by atoms with Crippen LogP contribution in [0.3, 0.4) is 0 Å². The van der Waals surface area contributed by atoms with Crippen LogP contribution in [0.25, 0.3) is 0 Å². The number of nitrogens with two attached hydrogens (primary N) is 1. The summed E-state index contributed by atoms with van der Waals surface area (Å²) in [6, 6.07) is -0.211. The number of Topliss-reactive ketones (excluding diaryl/α,β-unsaturated/α-hetero) is 1. The zero-order valence-corrected chi connectivity index (χ0v) is 10.9. The molecule has 1 fully saturated rings. The number of rotatable bonds is 6. The van der Waals surface area contributed by atoms with Gasteiger partial charge in [-0.2, -0.15) is 0 Å². The smallest absolute Gasteiger partial charge is 0.152 e. The molecule has 0 aromatic heterocycles. The molecule has 0 radical (unpaired) electrons. The molecule has 1 rings (SSSR count).